The molecule has 1 aliphatic heterocycles. The minimum absolute atomic E-state index is 0.0872. The first-order valence-electron chi connectivity index (χ1n) is 6.75. The van der Waals surface area contributed by atoms with Crippen LogP contribution in [0.5, 0.6) is 0 Å². The van der Waals surface area contributed by atoms with Crippen molar-refractivity contribution in [3.63, 3.8) is 0 Å². The smallest absolute Gasteiger partial charge is 0.239 e. The molecule has 1 heterocycles. The second-order valence-electron chi connectivity index (χ2n) is 5.03. The van der Waals surface area contributed by atoms with E-state index in [4.69, 9.17) is 0 Å². The first kappa shape index (κ1) is 13.6. The molecule has 1 aromatic carbocycles. The molecule has 19 heavy (non-hydrogen) atoms. The highest BCUT2D eigenvalue weighted by atomic mass is 16.2. The number of benzene rings is 1. The van der Waals surface area contributed by atoms with Gasteiger partial charge in [0.25, 0.3) is 0 Å². The van der Waals surface area contributed by atoms with E-state index in [1.807, 2.05) is 31.2 Å². The van der Waals surface area contributed by atoms with E-state index in [2.05, 4.69) is 5.32 Å². The summed E-state index contributed by atoms with van der Waals surface area (Å²) in [4.78, 5) is 25.0. The van der Waals surface area contributed by atoms with Crippen LogP contribution in [0.2, 0.25) is 0 Å². The highest BCUT2D eigenvalue weighted by molar-refractivity contribution is 5.85. The number of carbonyl (C=O) groups excluding carboxylic acids is 2. The molecule has 4 heteroatoms. The normalized spacial score (nSPS) is 15.4. The van der Waals surface area contributed by atoms with Crippen molar-refractivity contribution in [3.8, 4) is 0 Å². The zero-order valence-corrected chi connectivity index (χ0v) is 11.3. The fraction of sp³-hybridized carbons (Fsp3) is 0.467. The number of nitrogens with zero attached hydrogens (tertiary/aromatic N) is 1. The maximum absolute atomic E-state index is 11.8. The van der Waals surface area contributed by atoms with Crippen LogP contribution in [0.4, 0.5) is 0 Å². The third-order valence-corrected chi connectivity index (χ3v) is 3.37. The molecule has 0 atom stereocenters. The molecule has 0 aliphatic carbocycles. The van der Waals surface area contributed by atoms with Gasteiger partial charge in [-0.15, -0.1) is 0 Å². The van der Waals surface area contributed by atoms with Gasteiger partial charge in [-0.25, -0.2) is 0 Å². The van der Waals surface area contributed by atoms with E-state index in [1.165, 1.54) is 5.56 Å². The highest BCUT2D eigenvalue weighted by Gasteiger charge is 2.19. The number of piperidine rings is 1. The fourth-order valence-electron chi connectivity index (χ4n) is 2.16. The van der Waals surface area contributed by atoms with E-state index in [0.29, 0.717) is 19.5 Å². The van der Waals surface area contributed by atoms with Crippen molar-refractivity contribution < 1.29 is 9.59 Å². The van der Waals surface area contributed by atoms with Crippen LogP contribution in [0.15, 0.2) is 24.3 Å². The molecule has 1 aromatic rings. The van der Waals surface area contributed by atoms with Gasteiger partial charge in [-0.1, -0.05) is 29.8 Å². The number of nitrogens with one attached hydrogen (secondary N) is 1. The molecule has 0 aromatic heterocycles. The predicted molar refractivity (Wildman–Crippen MR) is 73.5 cm³/mol. The summed E-state index contributed by atoms with van der Waals surface area (Å²) in [5.41, 5.74) is 2.28. The molecule has 4 nitrogen and oxygen atoms in total. The lowest BCUT2D eigenvalue weighted by atomic mass is 10.1. The van der Waals surface area contributed by atoms with Crippen molar-refractivity contribution in [1.29, 1.82) is 0 Å². The Labute approximate surface area is 113 Å². The Morgan fingerprint density at radius 1 is 1.26 bits per heavy atom. The first-order chi connectivity index (χ1) is 9.15. The van der Waals surface area contributed by atoms with Crippen molar-refractivity contribution in [1.82, 2.24) is 10.2 Å². The summed E-state index contributed by atoms with van der Waals surface area (Å²) < 4.78 is 0. The number of hydrogen-bond donors (Lipinski definition) is 1. The van der Waals surface area contributed by atoms with Gasteiger partial charge in [-0.3, -0.25) is 9.59 Å². The van der Waals surface area contributed by atoms with E-state index >= 15 is 0 Å². The Balaban J connectivity index is 1.78. The summed E-state index contributed by atoms with van der Waals surface area (Å²) in [6.07, 6.45) is 2.52. The van der Waals surface area contributed by atoms with Gasteiger partial charge in [0.1, 0.15) is 0 Å². The van der Waals surface area contributed by atoms with Gasteiger partial charge in [-0.2, -0.15) is 0 Å². The third-order valence-electron chi connectivity index (χ3n) is 3.37. The van der Waals surface area contributed by atoms with Crippen LogP contribution in [0.1, 0.15) is 30.4 Å². The monoisotopic (exact) mass is 260 g/mol. The van der Waals surface area contributed by atoms with Gasteiger partial charge >= 0.3 is 0 Å². The molecule has 2 rings (SSSR count). The zero-order valence-electron chi connectivity index (χ0n) is 11.3. The number of amides is 2. The summed E-state index contributed by atoms with van der Waals surface area (Å²) in [5, 5.41) is 2.85. The fourth-order valence-corrected chi connectivity index (χ4v) is 2.16. The Morgan fingerprint density at radius 2 is 2.00 bits per heavy atom. The Kier molecular flexibility index (Phi) is 4.55. The average Bonchev–Trinajstić information content (AvgIpc) is 2.41. The van der Waals surface area contributed by atoms with Gasteiger partial charge < -0.3 is 10.2 Å². The van der Waals surface area contributed by atoms with Crippen LogP contribution in [-0.2, 0) is 16.1 Å². The minimum atomic E-state index is -0.0872. The van der Waals surface area contributed by atoms with Crippen LogP contribution >= 0.6 is 0 Å². The lowest BCUT2D eigenvalue weighted by Gasteiger charge is -2.25. The topological polar surface area (TPSA) is 49.4 Å². The second-order valence-corrected chi connectivity index (χ2v) is 5.03. The van der Waals surface area contributed by atoms with Gasteiger partial charge in [0.05, 0.1) is 6.54 Å². The lowest BCUT2D eigenvalue weighted by Crippen LogP contribution is -2.42. The Bertz CT molecular complexity index is 454. The summed E-state index contributed by atoms with van der Waals surface area (Å²) >= 11 is 0. The van der Waals surface area contributed by atoms with Gasteiger partial charge in [-0.05, 0) is 25.3 Å². The standard InChI is InChI=1S/C15H20N2O2/c1-12-5-7-13(8-6-12)10-16-14(18)11-17-9-3-2-4-15(17)19/h5-8H,2-4,9-11H2,1H3,(H,16,18). The van der Waals surface area contributed by atoms with Crippen LogP contribution in [0.3, 0.4) is 0 Å². The van der Waals surface area contributed by atoms with E-state index in [0.717, 1.165) is 18.4 Å². The maximum Gasteiger partial charge on any atom is 0.239 e. The van der Waals surface area contributed by atoms with Crippen molar-refractivity contribution in [3.05, 3.63) is 35.4 Å². The minimum Gasteiger partial charge on any atom is -0.350 e. The molecule has 0 spiro atoms. The number of rotatable bonds is 4. The molecule has 102 valence electrons. The first-order valence-corrected chi connectivity index (χ1v) is 6.75. The summed E-state index contributed by atoms with van der Waals surface area (Å²) in [7, 11) is 0. The van der Waals surface area contributed by atoms with Crippen molar-refractivity contribution in [2.24, 2.45) is 0 Å². The van der Waals surface area contributed by atoms with Crippen LogP contribution in [0, 0.1) is 6.92 Å². The lowest BCUT2D eigenvalue weighted by molar-refractivity contribution is -0.137. The Hall–Kier alpha value is -1.84. The maximum atomic E-state index is 11.8. The van der Waals surface area contributed by atoms with Gasteiger partial charge in [0, 0.05) is 19.5 Å². The highest BCUT2D eigenvalue weighted by Crippen LogP contribution is 2.09. The molecule has 1 saturated heterocycles. The van der Waals surface area contributed by atoms with Crippen LogP contribution in [-0.4, -0.2) is 29.8 Å². The van der Waals surface area contributed by atoms with E-state index in [-0.39, 0.29) is 18.4 Å². The van der Waals surface area contributed by atoms with Gasteiger partial charge in [0.2, 0.25) is 11.8 Å². The molecule has 0 radical (unpaired) electrons. The van der Waals surface area contributed by atoms with E-state index < -0.39 is 0 Å². The molecule has 1 aliphatic rings. The quantitative estimate of drug-likeness (QED) is 0.894. The molecule has 2 amide bonds. The zero-order chi connectivity index (χ0) is 13.7. The molecule has 1 fully saturated rings. The summed E-state index contributed by atoms with van der Waals surface area (Å²) in [6.45, 7) is 3.44. The number of carbonyl (C=O) groups is 2. The van der Waals surface area contributed by atoms with E-state index in [1.54, 1.807) is 4.90 Å². The second kappa shape index (κ2) is 6.36. The molecular weight excluding hydrogens is 240 g/mol. The summed E-state index contributed by atoms with van der Waals surface area (Å²) in [5.74, 6) is 0.00700. The van der Waals surface area contributed by atoms with Crippen molar-refractivity contribution in [2.75, 3.05) is 13.1 Å². The summed E-state index contributed by atoms with van der Waals surface area (Å²) in [6, 6.07) is 8.05. The largest absolute Gasteiger partial charge is 0.350 e. The molecule has 1 N–H and O–H groups in total. The number of likely N-dealkylation sites (tertiary alicyclic amines) is 1. The van der Waals surface area contributed by atoms with Gasteiger partial charge in [0.15, 0.2) is 0 Å². The Morgan fingerprint density at radius 3 is 2.68 bits per heavy atom. The average molecular weight is 260 g/mol. The van der Waals surface area contributed by atoms with E-state index in [9.17, 15) is 9.59 Å². The molecule has 0 saturated carbocycles. The molecular formula is C15H20N2O2. The number of hydrogen-bond acceptors (Lipinski definition) is 2. The molecule has 0 bridgehead atoms. The van der Waals surface area contributed by atoms with Crippen LogP contribution in [0.25, 0.3) is 0 Å². The van der Waals surface area contributed by atoms with Crippen molar-refractivity contribution >= 4 is 11.8 Å². The SMILES string of the molecule is Cc1ccc(CNC(=O)CN2CCCCC2=O)cc1. The van der Waals surface area contributed by atoms with Crippen LogP contribution < -0.4 is 5.32 Å². The predicted octanol–water partition coefficient (Wildman–Crippen LogP) is 1.62. The third kappa shape index (κ3) is 4.09. The molecule has 0 unspecified atom stereocenters. The van der Waals surface area contributed by atoms with Crippen molar-refractivity contribution in [2.45, 2.75) is 32.7 Å². The number of aryl methyl sites for hydroxylation is 1.